The highest BCUT2D eigenvalue weighted by atomic mass is 32.2. The third kappa shape index (κ3) is 4.44. The van der Waals surface area contributed by atoms with Gasteiger partial charge in [-0.05, 0) is 18.8 Å². The lowest BCUT2D eigenvalue weighted by Crippen LogP contribution is -2.71. The van der Waals surface area contributed by atoms with Crippen LogP contribution in [0.5, 0.6) is 0 Å². The Balaban J connectivity index is 1.44. The lowest BCUT2D eigenvalue weighted by Gasteiger charge is -2.49. The van der Waals surface area contributed by atoms with Crippen LogP contribution in [-0.4, -0.2) is 79.8 Å². The second kappa shape index (κ2) is 9.68. The van der Waals surface area contributed by atoms with E-state index in [1.54, 1.807) is 0 Å². The number of aromatic nitrogens is 1. The highest BCUT2D eigenvalue weighted by molar-refractivity contribution is 8.06. The third-order valence-electron chi connectivity index (χ3n) is 5.34. The van der Waals surface area contributed by atoms with Gasteiger partial charge in [0, 0.05) is 35.0 Å². The number of rotatable bonds is 7. The van der Waals surface area contributed by atoms with E-state index in [0.29, 0.717) is 29.8 Å². The van der Waals surface area contributed by atoms with E-state index >= 15 is 0 Å². The molecule has 0 spiro atoms. The number of carbonyl (C=O) groups is 3. The van der Waals surface area contributed by atoms with Crippen LogP contribution in [0.1, 0.15) is 18.5 Å². The summed E-state index contributed by atoms with van der Waals surface area (Å²) in [6, 6.07) is -0.934. The SMILES string of the molecule is Nc1nc(/C(=N/O)C(=O)NC2C(=O)N3C(C(=O)O)=C(SCC4CCOCC4)CSC23)cs1. The molecular formula is C18H21N5O6S3. The van der Waals surface area contributed by atoms with E-state index in [-0.39, 0.29) is 22.2 Å². The van der Waals surface area contributed by atoms with Gasteiger partial charge >= 0.3 is 5.97 Å². The van der Waals surface area contributed by atoms with E-state index in [1.165, 1.54) is 33.8 Å². The number of amides is 2. The Morgan fingerprint density at radius 1 is 1.41 bits per heavy atom. The largest absolute Gasteiger partial charge is 0.477 e. The van der Waals surface area contributed by atoms with Crippen LogP contribution in [0.25, 0.3) is 0 Å². The summed E-state index contributed by atoms with van der Waals surface area (Å²) >= 11 is 3.94. The molecule has 0 aromatic carbocycles. The zero-order chi connectivity index (χ0) is 22.8. The predicted octanol–water partition coefficient (Wildman–Crippen LogP) is 0.760. The number of ether oxygens (including phenoxy) is 1. The molecule has 0 saturated carbocycles. The fraction of sp³-hybridized carbons (Fsp3) is 0.500. The Hall–Kier alpha value is -2.29. The Bertz CT molecular complexity index is 990. The maximum Gasteiger partial charge on any atom is 0.353 e. The third-order valence-corrected chi connectivity index (χ3v) is 8.80. The fourth-order valence-corrected chi connectivity index (χ4v) is 7.02. The van der Waals surface area contributed by atoms with Crippen molar-refractivity contribution in [2.24, 2.45) is 11.1 Å². The van der Waals surface area contributed by atoms with Crippen LogP contribution in [0.15, 0.2) is 21.1 Å². The van der Waals surface area contributed by atoms with E-state index in [2.05, 4.69) is 15.5 Å². The highest BCUT2D eigenvalue weighted by Gasteiger charge is 2.54. The van der Waals surface area contributed by atoms with E-state index in [0.717, 1.165) is 29.9 Å². The number of thioether (sulfide) groups is 2. The van der Waals surface area contributed by atoms with Crippen molar-refractivity contribution in [2.75, 3.05) is 30.5 Å². The van der Waals surface area contributed by atoms with Crippen molar-refractivity contribution in [2.45, 2.75) is 24.3 Å². The molecule has 3 aliphatic rings. The number of nitrogens with two attached hydrogens (primary N) is 1. The topological polar surface area (TPSA) is 167 Å². The molecule has 0 bridgehead atoms. The number of nitrogens with one attached hydrogen (secondary N) is 1. The molecule has 4 heterocycles. The van der Waals surface area contributed by atoms with E-state index < -0.39 is 29.2 Å². The molecule has 172 valence electrons. The summed E-state index contributed by atoms with van der Waals surface area (Å²) in [7, 11) is 0. The van der Waals surface area contributed by atoms with Gasteiger partial charge in [0.15, 0.2) is 10.8 Å². The Morgan fingerprint density at radius 3 is 2.78 bits per heavy atom. The van der Waals surface area contributed by atoms with Crippen LogP contribution in [0.4, 0.5) is 5.13 Å². The first-order valence-electron chi connectivity index (χ1n) is 9.76. The number of fused-ring (bicyclic) bond motifs is 1. The molecule has 4 rings (SSSR count). The van der Waals surface area contributed by atoms with Crippen LogP contribution < -0.4 is 11.1 Å². The highest BCUT2D eigenvalue weighted by Crippen LogP contribution is 2.44. The summed E-state index contributed by atoms with van der Waals surface area (Å²) in [5.41, 5.74) is 5.25. The second-order valence-corrected chi connectivity index (χ2v) is 10.4. The second-order valence-electron chi connectivity index (χ2n) is 7.32. The molecule has 2 unspecified atom stereocenters. The molecule has 2 saturated heterocycles. The Morgan fingerprint density at radius 2 is 2.16 bits per heavy atom. The summed E-state index contributed by atoms with van der Waals surface area (Å²) in [5, 5.41) is 25.6. The monoisotopic (exact) mass is 499 g/mol. The number of aliphatic carboxylic acids is 1. The van der Waals surface area contributed by atoms with Crippen molar-refractivity contribution in [3.63, 3.8) is 0 Å². The van der Waals surface area contributed by atoms with Gasteiger partial charge in [0.1, 0.15) is 22.8 Å². The van der Waals surface area contributed by atoms with Crippen molar-refractivity contribution < 1.29 is 29.4 Å². The standard InChI is InChI=1S/C18H21N5O6S3/c19-18-20-9(6-32-18)11(22-28)14(24)21-12-15(25)23-13(17(26)27)10(7-31-16(12)23)30-5-8-1-3-29-4-2-8/h6,8,12,16,28H,1-5,7H2,(H2,19,20)(H,21,24)(H,26,27)/b22-11-. The average molecular weight is 500 g/mol. The number of carboxylic acids is 1. The van der Waals surface area contributed by atoms with Crippen LogP contribution in [-0.2, 0) is 19.1 Å². The molecule has 0 aliphatic carbocycles. The Labute approximate surface area is 195 Å². The van der Waals surface area contributed by atoms with Gasteiger partial charge in [0.25, 0.3) is 11.8 Å². The zero-order valence-corrected chi connectivity index (χ0v) is 19.2. The number of nitrogens with zero attached hydrogens (tertiary/aromatic N) is 3. The fourth-order valence-electron chi connectivity index (χ4n) is 3.65. The molecule has 2 atom stereocenters. The number of hydrogen-bond acceptors (Lipinski definition) is 11. The van der Waals surface area contributed by atoms with Crippen molar-refractivity contribution in [3.8, 4) is 0 Å². The van der Waals surface area contributed by atoms with E-state index in [9.17, 15) is 24.7 Å². The molecule has 0 radical (unpaired) electrons. The van der Waals surface area contributed by atoms with Gasteiger partial charge in [-0.15, -0.1) is 34.9 Å². The predicted molar refractivity (Wildman–Crippen MR) is 121 cm³/mol. The lowest BCUT2D eigenvalue weighted by molar-refractivity contribution is -0.150. The molecular weight excluding hydrogens is 478 g/mol. The quantitative estimate of drug-likeness (QED) is 0.182. The maximum absolute atomic E-state index is 12.8. The number of anilines is 1. The number of carbonyl (C=O) groups excluding carboxylic acids is 2. The number of thiazole rings is 1. The minimum absolute atomic E-state index is 0.0235. The van der Waals surface area contributed by atoms with Crippen LogP contribution >= 0.6 is 34.9 Å². The van der Waals surface area contributed by atoms with Gasteiger partial charge in [-0.25, -0.2) is 9.78 Å². The van der Waals surface area contributed by atoms with Gasteiger partial charge in [0.2, 0.25) is 0 Å². The molecule has 1 aromatic rings. The first kappa shape index (κ1) is 22.9. The summed E-state index contributed by atoms with van der Waals surface area (Å²) < 4.78 is 5.36. The normalized spacial score (nSPS) is 24.2. The van der Waals surface area contributed by atoms with Crippen molar-refractivity contribution in [1.82, 2.24) is 15.2 Å². The molecule has 1 aromatic heterocycles. The first-order valence-corrected chi connectivity index (χ1v) is 12.7. The zero-order valence-electron chi connectivity index (χ0n) is 16.7. The smallest absolute Gasteiger partial charge is 0.353 e. The number of carboxylic acid groups (broad SMARTS) is 1. The molecule has 5 N–H and O–H groups in total. The first-order chi connectivity index (χ1) is 15.4. The lowest BCUT2D eigenvalue weighted by atomic mass is 10.0. The van der Waals surface area contributed by atoms with Crippen molar-refractivity contribution in [3.05, 3.63) is 21.7 Å². The van der Waals surface area contributed by atoms with Gasteiger partial charge in [-0.3, -0.25) is 14.5 Å². The number of oxime groups is 1. The molecule has 11 nitrogen and oxygen atoms in total. The Kier molecular flexibility index (Phi) is 6.93. The summed E-state index contributed by atoms with van der Waals surface area (Å²) in [6.45, 7) is 1.43. The van der Waals surface area contributed by atoms with E-state index in [1.807, 2.05) is 0 Å². The summed E-state index contributed by atoms with van der Waals surface area (Å²) in [4.78, 5) is 43.1. The molecule has 3 aliphatic heterocycles. The average Bonchev–Trinajstić information content (AvgIpc) is 3.22. The molecule has 14 heteroatoms. The number of β-lactam (4-membered cyclic amide) rings is 1. The van der Waals surface area contributed by atoms with Gasteiger partial charge in [0.05, 0.1) is 0 Å². The molecule has 2 fully saturated rings. The molecule has 32 heavy (non-hydrogen) atoms. The summed E-state index contributed by atoms with van der Waals surface area (Å²) in [5.74, 6) is -0.827. The van der Waals surface area contributed by atoms with Crippen LogP contribution in [0.2, 0.25) is 0 Å². The minimum Gasteiger partial charge on any atom is -0.477 e. The minimum atomic E-state index is -1.17. The summed E-state index contributed by atoms with van der Waals surface area (Å²) in [6.07, 6.45) is 1.88. The van der Waals surface area contributed by atoms with Crippen LogP contribution in [0.3, 0.4) is 0 Å². The van der Waals surface area contributed by atoms with Crippen LogP contribution in [0, 0.1) is 5.92 Å². The van der Waals surface area contributed by atoms with Crippen molar-refractivity contribution in [1.29, 1.82) is 0 Å². The van der Waals surface area contributed by atoms with Gasteiger partial charge in [-0.2, -0.15) is 0 Å². The van der Waals surface area contributed by atoms with E-state index in [4.69, 9.17) is 10.5 Å². The van der Waals surface area contributed by atoms with Gasteiger partial charge < -0.3 is 26.1 Å². The molecule has 2 amide bonds. The van der Waals surface area contributed by atoms with Gasteiger partial charge in [-0.1, -0.05) is 5.16 Å². The van der Waals surface area contributed by atoms with Crippen molar-refractivity contribution >= 4 is 63.5 Å². The number of hydrogen-bond donors (Lipinski definition) is 4. The maximum atomic E-state index is 12.8. The number of nitrogen functional groups attached to an aromatic ring is 1.